The number of carbonyl (C=O) groups excluding carboxylic acids is 1. The Morgan fingerprint density at radius 1 is 1.22 bits per heavy atom. The lowest BCUT2D eigenvalue weighted by Crippen LogP contribution is -2.49. The summed E-state index contributed by atoms with van der Waals surface area (Å²) in [6, 6.07) is 8.51. The second kappa shape index (κ2) is 7.45. The van der Waals surface area contributed by atoms with Gasteiger partial charge in [0.2, 0.25) is 5.91 Å². The van der Waals surface area contributed by atoms with Crippen LogP contribution in [0.3, 0.4) is 0 Å². The van der Waals surface area contributed by atoms with E-state index in [2.05, 4.69) is 55.7 Å². The van der Waals surface area contributed by atoms with Crippen molar-refractivity contribution >= 4 is 5.91 Å². The average Bonchev–Trinajstić information content (AvgIpc) is 2.53. The molecule has 4 heteroatoms. The van der Waals surface area contributed by atoms with Crippen molar-refractivity contribution in [3.63, 3.8) is 0 Å². The molecule has 0 aliphatic carbocycles. The monoisotopic (exact) mass is 318 g/mol. The number of benzene rings is 1. The van der Waals surface area contributed by atoms with E-state index in [1.807, 2.05) is 0 Å². The van der Waals surface area contributed by atoms with Crippen LogP contribution in [0.15, 0.2) is 24.3 Å². The highest BCUT2D eigenvalue weighted by Gasteiger charge is 2.39. The molecule has 0 aromatic heterocycles. The molecule has 2 N–H and O–H groups in total. The molecule has 0 unspecified atom stereocenters. The maximum Gasteiger partial charge on any atom is 0.228 e. The lowest BCUT2D eigenvalue weighted by molar-refractivity contribution is -0.136. The summed E-state index contributed by atoms with van der Waals surface area (Å²) < 4.78 is 5.32. The maximum absolute atomic E-state index is 12.7. The van der Waals surface area contributed by atoms with Gasteiger partial charge in [-0.15, -0.1) is 0 Å². The fraction of sp³-hybridized carbons (Fsp3) is 0.632. The van der Waals surface area contributed by atoms with E-state index in [9.17, 15) is 4.79 Å². The topological polar surface area (TPSA) is 50.4 Å². The van der Waals surface area contributed by atoms with Crippen LogP contribution in [0, 0.1) is 5.41 Å². The van der Waals surface area contributed by atoms with Crippen molar-refractivity contribution in [2.45, 2.75) is 45.6 Å². The van der Waals surface area contributed by atoms with Gasteiger partial charge in [-0.25, -0.2) is 0 Å². The fourth-order valence-corrected chi connectivity index (χ4v) is 3.11. The molecule has 0 radical (unpaired) electrons. The van der Waals surface area contributed by atoms with E-state index in [1.165, 1.54) is 5.56 Å². The smallest absolute Gasteiger partial charge is 0.228 e. The number of carbonyl (C=O) groups is 1. The van der Waals surface area contributed by atoms with Crippen molar-refractivity contribution in [3.8, 4) is 0 Å². The molecule has 128 valence electrons. The summed E-state index contributed by atoms with van der Waals surface area (Å²) in [5.74, 6) is 0.112. The van der Waals surface area contributed by atoms with Gasteiger partial charge >= 0.3 is 0 Å². The zero-order chi connectivity index (χ0) is 16.9. The van der Waals surface area contributed by atoms with Crippen molar-refractivity contribution in [1.29, 1.82) is 0 Å². The van der Waals surface area contributed by atoms with E-state index >= 15 is 0 Å². The summed E-state index contributed by atoms with van der Waals surface area (Å²) in [4.78, 5) is 12.7. The second-order valence-corrected chi connectivity index (χ2v) is 7.59. The minimum atomic E-state index is -0.384. The van der Waals surface area contributed by atoms with E-state index < -0.39 is 0 Å². The molecule has 0 bridgehead atoms. The molecule has 1 aliphatic rings. The second-order valence-electron chi connectivity index (χ2n) is 7.59. The quantitative estimate of drug-likeness (QED) is 0.877. The van der Waals surface area contributed by atoms with Gasteiger partial charge in [0.05, 0.1) is 12.0 Å². The zero-order valence-electron chi connectivity index (χ0n) is 14.9. The van der Waals surface area contributed by atoms with Crippen LogP contribution < -0.4 is 10.6 Å². The molecule has 1 aliphatic heterocycles. The summed E-state index contributed by atoms with van der Waals surface area (Å²) >= 11 is 0. The lowest BCUT2D eigenvalue weighted by Gasteiger charge is -2.35. The molecule has 0 saturated carbocycles. The SMILES string of the molecule is COCC1(C(=O)NCc2ccc(C(C)(C)C)cc2)CCNCC1. The number of hydrogen-bond donors (Lipinski definition) is 2. The van der Waals surface area contributed by atoms with E-state index in [0.717, 1.165) is 31.5 Å². The fourth-order valence-electron chi connectivity index (χ4n) is 3.11. The predicted octanol–water partition coefficient (Wildman–Crippen LogP) is 2.62. The summed E-state index contributed by atoms with van der Waals surface area (Å²) in [7, 11) is 1.67. The van der Waals surface area contributed by atoms with Crippen LogP contribution >= 0.6 is 0 Å². The van der Waals surface area contributed by atoms with E-state index in [4.69, 9.17) is 4.74 Å². The number of ether oxygens (including phenoxy) is 1. The minimum absolute atomic E-state index is 0.112. The van der Waals surface area contributed by atoms with Crippen LogP contribution in [0.5, 0.6) is 0 Å². The number of methoxy groups -OCH3 is 1. The molecular weight excluding hydrogens is 288 g/mol. The summed E-state index contributed by atoms with van der Waals surface area (Å²) in [5, 5.41) is 6.42. The first-order valence-corrected chi connectivity index (χ1v) is 8.45. The first kappa shape index (κ1) is 18.0. The summed E-state index contributed by atoms with van der Waals surface area (Å²) in [6.45, 7) is 9.42. The normalized spacial score (nSPS) is 17.7. The number of hydrogen-bond acceptors (Lipinski definition) is 3. The van der Waals surface area contributed by atoms with Gasteiger partial charge in [0.25, 0.3) is 0 Å². The highest BCUT2D eigenvalue weighted by Crippen LogP contribution is 2.29. The van der Waals surface area contributed by atoms with Crippen LogP contribution in [0.4, 0.5) is 0 Å². The Morgan fingerprint density at radius 2 is 1.83 bits per heavy atom. The minimum Gasteiger partial charge on any atom is -0.384 e. The largest absolute Gasteiger partial charge is 0.384 e. The molecule has 1 amide bonds. The highest BCUT2D eigenvalue weighted by molar-refractivity contribution is 5.83. The van der Waals surface area contributed by atoms with Crippen molar-refractivity contribution in [3.05, 3.63) is 35.4 Å². The standard InChI is InChI=1S/C19H30N2O2/c1-18(2,3)16-7-5-15(6-8-16)13-21-17(22)19(14-23-4)9-11-20-12-10-19/h5-8,20H,9-14H2,1-4H3,(H,21,22). The van der Waals surface area contributed by atoms with Gasteiger partial charge in [-0.05, 0) is 42.5 Å². The molecular formula is C19H30N2O2. The van der Waals surface area contributed by atoms with E-state index in [0.29, 0.717) is 13.2 Å². The molecule has 1 heterocycles. The molecule has 4 nitrogen and oxygen atoms in total. The molecule has 23 heavy (non-hydrogen) atoms. The van der Waals surface area contributed by atoms with Gasteiger partial charge in [-0.3, -0.25) is 4.79 Å². The Morgan fingerprint density at radius 3 is 2.35 bits per heavy atom. The van der Waals surface area contributed by atoms with Crippen molar-refractivity contribution in [2.75, 3.05) is 26.8 Å². The van der Waals surface area contributed by atoms with Gasteiger partial charge < -0.3 is 15.4 Å². The third-order valence-electron chi connectivity index (χ3n) is 4.74. The molecule has 1 aromatic rings. The molecule has 2 rings (SSSR count). The number of rotatable bonds is 5. The predicted molar refractivity (Wildman–Crippen MR) is 93.4 cm³/mol. The molecule has 1 fully saturated rings. The van der Waals surface area contributed by atoms with E-state index in [1.54, 1.807) is 7.11 Å². The Labute approximate surface area is 140 Å². The Hall–Kier alpha value is -1.39. The van der Waals surface area contributed by atoms with Gasteiger partial charge in [0, 0.05) is 13.7 Å². The summed E-state index contributed by atoms with van der Waals surface area (Å²) in [6.07, 6.45) is 1.66. The highest BCUT2D eigenvalue weighted by atomic mass is 16.5. The van der Waals surface area contributed by atoms with Crippen LogP contribution in [0.2, 0.25) is 0 Å². The lowest BCUT2D eigenvalue weighted by atomic mass is 9.78. The molecule has 0 spiro atoms. The van der Waals surface area contributed by atoms with Gasteiger partial charge in [-0.1, -0.05) is 45.0 Å². The van der Waals surface area contributed by atoms with Crippen LogP contribution in [-0.4, -0.2) is 32.7 Å². The van der Waals surface area contributed by atoms with Gasteiger partial charge in [0.15, 0.2) is 0 Å². The Balaban J connectivity index is 1.97. The first-order chi connectivity index (χ1) is 10.9. The molecule has 1 aromatic carbocycles. The number of amides is 1. The third kappa shape index (κ3) is 4.55. The van der Waals surface area contributed by atoms with Gasteiger partial charge in [0.1, 0.15) is 0 Å². The number of nitrogens with one attached hydrogen (secondary N) is 2. The Kier molecular flexibility index (Phi) is 5.82. The molecule has 0 atom stereocenters. The Bertz CT molecular complexity index is 506. The van der Waals surface area contributed by atoms with Crippen molar-refractivity contribution < 1.29 is 9.53 Å². The average molecular weight is 318 g/mol. The van der Waals surface area contributed by atoms with Crippen molar-refractivity contribution in [2.24, 2.45) is 5.41 Å². The zero-order valence-corrected chi connectivity index (χ0v) is 14.9. The maximum atomic E-state index is 12.7. The number of piperidine rings is 1. The van der Waals surface area contributed by atoms with Crippen LogP contribution in [0.25, 0.3) is 0 Å². The third-order valence-corrected chi connectivity index (χ3v) is 4.74. The van der Waals surface area contributed by atoms with Crippen LogP contribution in [-0.2, 0) is 21.5 Å². The van der Waals surface area contributed by atoms with Gasteiger partial charge in [-0.2, -0.15) is 0 Å². The first-order valence-electron chi connectivity index (χ1n) is 8.45. The van der Waals surface area contributed by atoms with Crippen molar-refractivity contribution in [1.82, 2.24) is 10.6 Å². The summed E-state index contributed by atoms with van der Waals surface area (Å²) in [5.41, 5.74) is 2.21. The van der Waals surface area contributed by atoms with E-state index in [-0.39, 0.29) is 16.7 Å². The molecule has 1 saturated heterocycles. The van der Waals surface area contributed by atoms with Crippen LogP contribution in [0.1, 0.15) is 44.7 Å².